The molecule has 2 heterocycles. The maximum atomic E-state index is 13.7. The van der Waals surface area contributed by atoms with Crippen molar-refractivity contribution < 1.29 is 27.0 Å². The number of rotatable bonds is 5. The molecule has 0 radical (unpaired) electrons. The third-order valence-corrected chi connectivity index (χ3v) is 3.70. The van der Waals surface area contributed by atoms with Crippen molar-refractivity contribution in [3.63, 3.8) is 0 Å². The van der Waals surface area contributed by atoms with Crippen LogP contribution in [0.15, 0.2) is 35.3 Å². The SMILES string of the molecule is COc1cc(Oc2nc(=O)c(F)cn2Cc2cc(F)cc(F)c2)c(C)nc1F. The van der Waals surface area contributed by atoms with Crippen molar-refractivity contribution in [2.24, 2.45) is 0 Å². The standard InChI is InChI=1S/C18H13F4N3O3/c1-9-14(6-15(27-2)16(22)23-9)28-18-24-17(26)13(21)8-25(18)7-10-3-11(19)5-12(20)4-10/h3-6,8H,7H2,1-2H3. The molecule has 0 aliphatic heterocycles. The molecule has 0 spiro atoms. The summed E-state index contributed by atoms with van der Waals surface area (Å²) in [5.74, 6) is -3.92. The fourth-order valence-corrected chi connectivity index (χ4v) is 2.43. The molecule has 0 amide bonds. The number of ether oxygens (including phenoxy) is 2. The van der Waals surface area contributed by atoms with Crippen molar-refractivity contribution in [3.8, 4) is 17.5 Å². The second-order valence-electron chi connectivity index (χ2n) is 5.75. The number of aromatic nitrogens is 3. The molecule has 0 saturated carbocycles. The van der Waals surface area contributed by atoms with E-state index in [0.29, 0.717) is 6.07 Å². The predicted molar refractivity (Wildman–Crippen MR) is 89.5 cm³/mol. The monoisotopic (exact) mass is 395 g/mol. The Kier molecular flexibility index (Phi) is 5.30. The number of pyridine rings is 1. The van der Waals surface area contributed by atoms with E-state index in [-0.39, 0.29) is 35.3 Å². The molecule has 6 nitrogen and oxygen atoms in total. The van der Waals surface area contributed by atoms with Gasteiger partial charge in [0.05, 0.1) is 25.5 Å². The normalized spacial score (nSPS) is 10.8. The Labute approximate surface area is 156 Å². The molecule has 0 unspecified atom stereocenters. The Morgan fingerprint density at radius 3 is 2.32 bits per heavy atom. The average molecular weight is 395 g/mol. The van der Waals surface area contributed by atoms with Gasteiger partial charge in [-0.05, 0) is 24.6 Å². The van der Waals surface area contributed by atoms with Crippen LogP contribution in [0.3, 0.4) is 0 Å². The van der Waals surface area contributed by atoms with Crippen molar-refractivity contribution in [2.45, 2.75) is 13.5 Å². The lowest BCUT2D eigenvalue weighted by Gasteiger charge is -2.15. The Morgan fingerprint density at radius 1 is 1.00 bits per heavy atom. The summed E-state index contributed by atoms with van der Waals surface area (Å²) in [5.41, 5.74) is -0.949. The largest absolute Gasteiger partial charge is 0.492 e. The first-order valence-electron chi connectivity index (χ1n) is 7.87. The summed E-state index contributed by atoms with van der Waals surface area (Å²) in [5, 5.41) is 0. The Balaban J connectivity index is 2.04. The summed E-state index contributed by atoms with van der Waals surface area (Å²) in [6, 6.07) is 3.56. The predicted octanol–water partition coefficient (Wildman–Crippen LogP) is 3.35. The molecule has 1 aromatic carbocycles. The minimum absolute atomic E-state index is 0.00377. The molecule has 0 bridgehead atoms. The zero-order valence-corrected chi connectivity index (χ0v) is 14.7. The summed E-state index contributed by atoms with van der Waals surface area (Å²) in [6.45, 7) is 1.19. The summed E-state index contributed by atoms with van der Waals surface area (Å²) in [6.07, 6.45) is 0.789. The first-order chi connectivity index (χ1) is 13.3. The average Bonchev–Trinajstić information content (AvgIpc) is 2.60. The van der Waals surface area contributed by atoms with Gasteiger partial charge in [-0.25, -0.2) is 13.8 Å². The molecule has 10 heteroatoms. The molecule has 0 saturated heterocycles. The van der Waals surface area contributed by atoms with Gasteiger partial charge in [-0.1, -0.05) is 0 Å². The van der Waals surface area contributed by atoms with Crippen LogP contribution in [-0.2, 0) is 6.54 Å². The second-order valence-corrected chi connectivity index (χ2v) is 5.75. The van der Waals surface area contributed by atoms with E-state index in [1.165, 1.54) is 20.1 Å². The molecule has 3 rings (SSSR count). The molecule has 146 valence electrons. The minimum Gasteiger partial charge on any atom is -0.492 e. The third kappa shape index (κ3) is 4.11. The van der Waals surface area contributed by atoms with Crippen LogP contribution in [0.2, 0.25) is 0 Å². The van der Waals surface area contributed by atoms with Gasteiger partial charge in [0.1, 0.15) is 11.6 Å². The first-order valence-corrected chi connectivity index (χ1v) is 7.87. The molecule has 3 aromatic rings. The fourth-order valence-electron chi connectivity index (χ4n) is 2.43. The minimum atomic E-state index is -1.20. The van der Waals surface area contributed by atoms with Gasteiger partial charge in [0, 0.05) is 12.1 Å². The highest BCUT2D eigenvalue weighted by Crippen LogP contribution is 2.28. The topological polar surface area (TPSA) is 66.2 Å². The molecule has 0 atom stereocenters. The first kappa shape index (κ1) is 19.3. The summed E-state index contributed by atoms with van der Waals surface area (Å²) < 4.78 is 65.6. The van der Waals surface area contributed by atoms with Crippen LogP contribution < -0.4 is 15.0 Å². The van der Waals surface area contributed by atoms with Gasteiger partial charge in [-0.15, -0.1) is 0 Å². The van der Waals surface area contributed by atoms with Crippen LogP contribution in [0.1, 0.15) is 11.3 Å². The molecule has 0 aliphatic carbocycles. The Bertz CT molecular complexity index is 1080. The zero-order valence-electron chi connectivity index (χ0n) is 14.7. The highest BCUT2D eigenvalue weighted by molar-refractivity contribution is 5.37. The third-order valence-electron chi connectivity index (χ3n) is 3.70. The van der Waals surface area contributed by atoms with E-state index in [4.69, 9.17) is 9.47 Å². The number of halogens is 4. The van der Waals surface area contributed by atoms with Gasteiger partial charge in [0.25, 0.3) is 5.95 Å². The molecule has 2 aromatic heterocycles. The van der Waals surface area contributed by atoms with Crippen LogP contribution in [0.4, 0.5) is 17.6 Å². The summed E-state index contributed by atoms with van der Waals surface area (Å²) in [4.78, 5) is 18.7. The van der Waals surface area contributed by atoms with E-state index in [9.17, 15) is 22.4 Å². The lowest BCUT2D eigenvalue weighted by atomic mass is 10.2. The van der Waals surface area contributed by atoms with E-state index in [1.807, 2.05) is 0 Å². The smallest absolute Gasteiger partial charge is 0.311 e. The van der Waals surface area contributed by atoms with Crippen molar-refractivity contribution in [2.75, 3.05) is 7.11 Å². The van der Waals surface area contributed by atoms with Gasteiger partial charge in [-0.2, -0.15) is 13.8 Å². The van der Waals surface area contributed by atoms with Crippen LogP contribution in [-0.4, -0.2) is 21.6 Å². The van der Waals surface area contributed by atoms with Crippen LogP contribution in [0.5, 0.6) is 17.5 Å². The lowest BCUT2D eigenvalue weighted by Crippen LogP contribution is -2.18. The number of methoxy groups -OCH3 is 1. The number of nitrogens with zero attached hydrogens (tertiary/aromatic N) is 3. The Hall–Kier alpha value is -3.43. The van der Waals surface area contributed by atoms with Gasteiger partial charge >= 0.3 is 11.6 Å². The quantitative estimate of drug-likeness (QED) is 0.490. The Morgan fingerprint density at radius 2 is 1.68 bits per heavy atom. The zero-order chi connectivity index (χ0) is 20.4. The lowest BCUT2D eigenvalue weighted by molar-refractivity contribution is 0.360. The fraction of sp³-hybridized carbons (Fsp3) is 0.167. The molecule has 0 N–H and O–H groups in total. The number of hydrogen-bond acceptors (Lipinski definition) is 5. The number of benzene rings is 1. The molecule has 0 fully saturated rings. The summed E-state index contributed by atoms with van der Waals surface area (Å²) in [7, 11) is 1.23. The van der Waals surface area contributed by atoms with E-state index in [1.54, 1.807) is 0 Å². The maximum Gasteiger partial charge on any atom is 0.311 e. The number of aryl methyl sites for hydroxylation is 1. The van der Waals surface area contributed by atoms with Gasteiger partial charge < -0.3 is 9.47 Å². The summed E-state index contributed by atoms with van der Waals surface area (Å²) >= 11 is 0. The van der Waals surface area contributed by atoms with E-state index < -0.39 is 29.0 Å². The van der Waals surface area contributed by atoms with Crippen molar-refractivity contribution in [1.29, 1.82) is 0 Å². The molecule has 28 heavy (non-hydrogen) atoms. The highest BCUT2D eigenvalue weighted by Gasteiger charge is 2.16. The van der Waals surface area contributed by atoms with Crippen molar-refractivity contribution in [3.05, 3.63) is 75.5 Å². The number of hydrogen-bond donors (Lipinski definition) is 0. The van der Waals surface area contributed by atoms with Crippen molar-refractivity contribution in [1.82, 2.24) is 14.5 Å². The van der Waals surface area contributed by atoms with Crippen molar-refractivity contribution >= 4 is 0 Å². The van der Waals surface area contributed by atoms with Gasteiger partial charge in [0.2, 0.25) is 5.82 Å². The van der Waals surface area contributed by atoms with Crippen LogP contribution in [0, 0.1) is 30.3 Å². The van der Waals surface area contributed by atoms with E-state index in [0.717, 1.165) is 22.9 Å². The highest BCUT2D eigenvalue weighted by atomic mass is 19.1. The molecule has 0 aliphatic rings. The van der Waals surface area contributed by atoms with Crippen LogP contribution >= 0.6 is 0 Å². The maximum absolute atomic E-state index is 13.7. The molecular formula is C18H13F4N3O3. The van der Waals surface area contributed by atoms with Gasteiger partial charge in [0.15, 0.2) is 11.5 Å². The van der Waals surface area contributed by atoms with E-state index in [2.05, 4.69) is 9.97 Å². The molecular weight excluding hydrogens is 382 g/mol. The van der Waals surface area contributed by atoms with E-state index >= 15 is 0 Å². The second kappa shape index (κ2) is 7.67. The van der Waals surface area contributed by atoms with Gasteiger partial charge in [-0.3, -0.25) is 9.36 Å². The van der Waals surface area contributed by atoms with Crippen LogP contribution in [0.25, 0.3) is 0 Å².